The predicted molar refractivity (Wildman–Crippen MR) is 73.0 cm³/mol. The van der Waals surface area contributed by atoms with Gasteiger partial charge in [0.15, 0.2) is 5.92 Å². The van der Waals surface area contributed by atoms with Crippen molar-refractivity contribution in [2.45, 2.75) is 33.6 Å². The lowest BCUT2D eigenvalue weighted by molar-refractivity contribution is -0.165. The molecule has 1 saturated carbocycles. The molecule has 1 rings (SSSR count). The fourth-order valence-corrected chi connectivity index (χ4v) is 2.58. The number of Topliss-reactive ketones (excluding diaryl/α,β-unsaturated/α-hetero) is 1. The maximum Gasteiger partial charge on any atom is 0.321 e. The number of ether oxygens (including phenoxy) is 2. The third-order valence-corrected chi connectivity index (χ3v) is 3.46. The zero-order chi connectivity index (χ0) is 15.3. The first-order valence-corrected chi connectivity index (χ1v) is 7.02. The standard InChI is InChI=1S/C14H19ClO5/c1-4-19-13(17)12(14(18)20-5-2)11-9(8(3)15)6-7-10(11)16/h11-12H,4-7H2,1-3H3/b9-8-. The van der Waals surface area contributed by atoms with Crippen molar-refractivity contribution in [1.82, 2.24) is 0 Å². The number of carbonyl (C=O) groups is 3. The molecular formula is C14H19ClO5. The van der Waals surface area contributed by atoms with E-state index in [4.69, 9.17) is 21.1 Å². The predicted octanol–water partition coefficient (Wildman–Crippen LogP) is 2.22. The van der Waals surface area contributed by atoms with E-state index in [1.807, 2.05) is 0 Å². The lowest BCUT2D eigenvalue weighted by Crippen LogP contribution is -2.37. The van der Waals surface area contributed by atoms with Crippen molar-refractivity contribution in [3.05, 3.63) is 10.6 Å². The first-order valence-electron chi connectivity index (χ1n) is 6.65. The van der Waals surface area contributed by atoms with Gasteiger partial charge in [0.25, 0.3) is 0 Å². The van der Waals surface area contributed by atoms with Crippen molar-refractivity contribution < 1.29 is 23.9 Å². The fourth-order valence-electron chi connectivity index (χ4n) is 2.37. The van der Waals surface area contributed by atoms with E-state index in [0.29, 0.717) is 17.0 Å². The van der Waals surface area contributed by atoms with Crippen LogP contribution in [0.25, 0.3) is 0 Å². The molecule has 20 heavy (non-hydrogen) atoms. The normalized spacial score (nSPS) is 21.1. The molecule has 0 amide bonds. The summed E-state index contributed by atoms with van der Waals surface area (Å²) in [7, 11) is 0. The minimum atomic E-state index is -1.26. The van der Waals surface area contributed by atoms with E-state index in [0.717, 1.165) is 0 Å². The fraction of sp³-hybridized carbons (Fsp3) is 0.643. The first kappa shape index (κ1) is 16.7. The smallest absolute Gasteiger partial charge is 0.321 e. The SMILES string of the molecule is CCOC(=O)C(C(=O)OCC)C1C(=O)CC/C1=C(\C)Cl. The van der Waals surface area contributed by atoms with Crippen LogP contribution in [0.5, 0.6) is 0 Å². The van der Waals surface area contributed by atoms with Gasteiger partial charge in [-0.1, -0.05) is 11.6 Å². The third-order valence-electron chi connectivity index (χ3n) is 3.22. The highest BCUT2D eigenvalue weighted by atomic mass is 35.5. The summed E-state index contributed by atoms with van der Waals surface area (Å²) >= 11 is 5.97. The van der Waals surface area contributed by atoms with E-state index in [1.165, 1.54) is 0 Å². The molecule has 0 spiro atoms. The average Bonchev–Trinajstić information content (AvgIpc) is 2.73. The molecule has 0 radical (unpaired) electrons. The second-order valence-electron chi connectivity index (χ2n) is 4.48. The molecular weight excluding hydrogens is 284 g/mol. The van der Waals surface area contributed by atoms with Crippen LogP contribution >= 0.6 is 11.6 Å². The Kier molecular flexibility index (Phi) is 6.20. The van der Waals surface area contributed by atoms with Gasteiger partial charge in [-0.15, -0.1) is 0 Å². The van der Waals surface area contributed by atoms with Crippen LogP contribution in [0.3, 0.4) is 0 Å². The molecule has 1 aliphatic carbocycles. The Bertz CT molecular complexity index is 419. The Labute approximate surface area is 123 Å². The van der Waals surface area contributed by atoms with Gasteiger partial charge in [0.1, 0.15) is 5.78 Å². The minimum absolute atomic E-state index is 0.133. The average molecular weight is 303 g/mol. The highest BCUT2D eigenvalue weighted by Gasteiger charge is 2.46. The quantitative estimate of drug-likeness (QED) is 0.575. The van der Waals surface area contributed by atoms with Crippen molar-refractivity contribution in [1.29, 1.82) is 0 Å². The maximum absolute atomic E-state index is 12.0. The number of allylic oxidation sites excluding steroid dienone is 2. The Morgan fingerprint density at radius 3 is 2.10 bits per heavy atom. The second kappa shape index (κ2) is 7.43. The van der Waals surface area contributed by atoms with E-state index in [1.54, 1.807) is 20.8 Å². The topological polar surface area (TPSA) is 69.7 Å². The number of rotatable bonds is 5. The summed E-state index contributed by atoms with van der Waals surface area (Å²) in [5.74, 6) is -3.76. The van der Waals surface area contributed by atoms with Crippen molar-refractivity contribution in [3.63, 3.8) is 0 Å². The van der Waals surface area contributed by atoms with E-state index in [2.05, 4.69) is 0 Å². The number of ketones is 1. The summed E-state index contributed by atoms with van der Waals surface area (Å²) in [6, 6.07) is 0. The van der Waals surface area contributed by atoms with Crippen LogP contribution in [0.15, 0.2) is 10.6 Å². The molecule has 1 atom stereocenters. The molecule has 0 N–H and O–H groups in total. The third kappa shape index (κ3) is 3.60. The van der Waals surface area contributed by atoms with E-state index < -0.39 is 23.8 Å². The van der Waals surface area contributed by atoms with Crippen LogP contribution < -0.4 is 0 Å². The molecule has 112 valence electrons. The number of esters is 2. The Balaban J connectivity index is 3.14. The second-order valence-corrected chi connectivity index (χ2v) is 5.05. The number of hydrogen-bond acceptors (Lipinski definition) is 5. The molecule has 0 saturated heterocycles. The van der Waals surface area contributed by atoms with Gasteiger partial charge in [-0.2, -0.15) is 0 Å². The maximum atomic E-state index is 12.0. The van der Waals surface area contributed by atoms with Crippen LogP contribution in [0.2, 0.25) is 0 Å². The highest BCUT2D eigenvalue weighted by Crippen LogP contribution is 2.38. The summed E-state index contributed by atoms with van der Waals surface area (Å²) < 4.78 is 9.81. The van der Waals surface area contributed by atoms with Crippen molar-refractivity contribution in [2.75, 3.05) is 13.2 Å². The first-order chi connectivity index (χ1) is 9.43. The van der Waals surface area contributed by atoms with Crippen LogP contribution in [0.4, 0.5) is 0 Å². The minimum Gasteiger partial charge on any atom is -0.465 e. The van der Waals surface area contributed by atoms with Crippen LogP contribution in [0.1, 0.15) is 33.6 Å². The van der Waals surface area contributed by atoms with E-state index in [9.17, 15) is 14.4 Å². The van der Waals surface area contributed by atoms with Gasteiger partial charge in [-0.05, 0) is 32.8 Å². The molecule has 0 aliphatic heterocycles. The number of halogens is 1. The lowest BCUT2D eigenvalue weighted by Gasteiger charge is -2.21. The molecule has 0 aromatic heterocycles. The highest BCUT2D eigenvalue weighted by molar-refractivity contribution is 6.30. The summed E-state index contributed by atoms with van der Waals surface area (Å²) in [6.07, 6.45) is 0.744. The zero-order valence-corrected chi connectivity index (χ0v) is 12.7. The summed E-state index contributed by atoms with van der Waals surface area (Å²) in [6.45, 7) is 5.19. The Hall–Kier alpha value is -1.36. The number of hydrogen-bond donors (Lipinski definition) is 0. The zero-order valence-electron chi connectivity index (χ0n) is 11.9. The monoisotopic (exact) mass is 302 g/mol. The Morgan fingerprint density at radius 2 is 1.70 bits per heavy atom. The summed E-state index contributed by atoms with van der Waals surface area (Å²) in [5, 5.41) is 0.444. The van der Waals surface area contributed by atoms with Crippen molar-refractivity contribution >= 4 is 29.3 Å². The van der Waals surface area contributed by atoms with Crippen molar-refractivity contribution in [3.8, 4) is 0 Å². The van der Waals surface area contributed by atoms with Gasteiger partial charge in [0, 0.05) is 11.5 Å². The molecule has 0 bridgehead atoms. The van der Waals surface area contributed by atoms with Crippen LogP contribution in [-0.2, 0) is 23.9 Å². The molecule has 1 unspecified atom stereocenters. The molecule has 1 fully saturated rings. The lowest BCUT2D eigenvalue weighted by atomic mass is 9.86. The molecule has 6 heteroatoms. The van der Waals surface area contributed by atoms with Crippen molar-refractivity contribution in [2.24, 2.45) is 11.8 Å². The van der Waals surface area contributed by atoms with Gasteiger partial charge in [0.05, 0.1) is 19.1 Å². The van der Waals surface area contributed by atoms with E-state index in [-0.39, 0.29) is 25.4 Å². The van der Waals surface area contributed by atoms with E-state index >= 15 is 0 Å². The summed E-state index contributed by atoms with van der Waals surface area (Å²) in [4.78, 5) is 36.1. The van der Waals surface area contributed by atoms with Crippen LogP contribution in [-0.4, -0.2) is 30.9 Å². The Morgan fingerprint density at radius 1 is 1.20 bits per heavy atom. The molecule has 0 aromatic rings. The van der Waals surface area contributed by atoms with Gasteiger partial charge >= 0.3 is 11.9 Å². The molecule has 5 nitrogen and oxygen atoms in total. The largest absolute Gasteiger partial charge is 0.465 e. The summed E-state index contributed by atoms with van der Waals surface area (Å²) in [5.41, 5.74) is 0.628. The van der Waals surface area contributed by atoms with Gasteiger partial charge < -0.3 is 9.47 Å². The van der Waals surface area contributed by atoms with Gasteiger partial charge in [-0.3, -0.25) is 14.4 Å². The number of carbonyl (C=O) groups excluding carboxylic acids is 3. The van der Waals surface area contributed by atoms with Gasteiger partial charge in [-0.25, -0.2) is 0 Å². The van der Waals surface area contributed by atoms with Gasteiger partial charge in [0.2, 0.25) is 0 Å². The molecule has 0 aromatic carbocycles. The van der Waals surface area contributed by atoms with Crippen LogP contribution in [0, 0.1) is 11.8 Å². The molecule has 1 aliphatic rings. The molecule has 0 heterocycles.